The van der Waals surface area contributed by atoms with Crippen molar-refractivity contribution < 1.29 is 19.6 Å². The van der Waals surface area contributed by atoms with Crippen LogP contribution in [0.5, 0.6) is 0 Å². The third-order valence-electron chi connectivity index (χ3n) is 3.19. The van der Waals surface area contributed by atoms with E-state index in [4.69, 9.17) is 5.11 Å². The first-order chi connectivity index (χ1) is 9.82. The van der Waals surface area contributed by atoms with Gasteiger partial charge in [0.2, 0.25) is 0 Å². The fourth-order valence-electron chi connectivity index (χ4n) is 1.78. The molecule has 0 heterocycles. The zero-order valence-corrected chi connectivity index (χ0v) is 12.0. The Kier molecular flexibility index (Phi) is 5.83. The fourth-order valence-corrected chi connectivity index (χ4v) is 1.78. The Labute approximate surface area is 122 Å². The average molecular weight is 294 g/mol. The van der Waals surface area contributed by atoms with Gasteiger partial charge in [-0.2, -0.15) is 0 Å². The number of carbonyl (C=O) groups excluding carboxylic acids is 1. The maximum atomic E-state index is 11.9. The number of benzene rings is 1. The lowest BCUT2D eigenvalue weighted by atomic mass is 10.1. The lowest BCUT2D eigenvalue weighted by molar-refractivity contribution is -0.385. The molecule has 0 aliphatic rings. The van der Waals surface area contributed by atoms with E-state index in [1.807, 2.05) is 0 Å². The molecule has 1 rings (SSSR count). The molecule has 0 saturated carbocycles. The Morgan fingerprint density at radius 3 is 2.67 bits per heavy atom. The number of amides is 1. The number of nitrogens with zero attached hydrogens (tertiary/aromatic N) is 1. The number of nitro benzene ring substituents is 1. The summed E-state index contributed by atoms with van der Waals surface area (Å²) >= 11 is 0. The van der Waals surface area contributed by atoms with Gasteiger partial charge in [-0.3, -0.25) is 19.7 Å². The van der Waals surface area contributed by atoms with Gasteiger partial charge in [0.1, 0.15) is 0 Å². The quantitative estimate of drug-likeness (QED) is 0.455. The zero-order chi connectivity index (χ0) is 16.0. The van der Waals surface area contributed by atoms with Gasteiger partial charge in [-0.05, 0) is 25.8 Å². The highest BCUT2D eigenvalue weighted by Gasteiger charge is 2.15. The first-order valence-corrected chi connectivity index (χ1v) is 6.59. The van der Waals surface area contributed by atoms with Crippen LogP contribution in [-0.4, -0.2) is 28.5 Å². The van der Waals surface area contributed by atoms with Crippen molar-refractivity contribution >= 4 is 17.6 Å². The Morgan fingerprint density at radius 1 is 1.43 bits per heavy atom. The molecular weight excluding hydrogens is 276 g/mol. The normalized spacial score (nSPS) is 11.7. The summed E-state index contributed by atoms with van der Waals surface area (Å²) < 4.78 is 0. The number of carboxylic acids is 1. The summed E-state index contributed by atoms with van der Waals surface area (Å²) in [6, 6.07) is 4.29. The van der Waals surface area contributed by atoms with Crippen LogP contribution in [0.4, 0.5) is 5.69 Å². The number of hydrogen-bond donors (Lipinski definition) is 2. The predicted octanol–water partition coefficient (Wildman–Crippen LogP) is 2.13. The zero-order valence-electron chi connectivity index (χ0n) is 12.0. The van der Waals surface area contributed by atoms with Crippen molar-refractivity contribution in [2.24, 2.45) is 5.92 Å². The van der Waals surface area contributed by atoms with Crippen molar-refractivity contribution in [1.29, 1.82) is 0 Å². The van der Waals surface area contributed by atoms with Crippen LogP contribution in [0.2, 0.25) is 0 Å². The van der Waals surface area contributed by atoms with E-state index < -0.39 is 22.7 Å². The highest BCUT2D eigenvalue weighted by atomic mass is 16.6. The number of nitrogens with one attached hydrogen (secondary N) is 1. The van der Waals surface area contributed by atoms with E-state index in [9.17, 15) is 19.7 Å². The fraction of sp³-hybridized carbons (Fsp3) is 0.429. The second-order valence-electron chi connectivity index (χ2n) is 4.90. The molecule has 0 fully saturated rings. The van der Waals surface area contributed by atoms with Gasteiger partial charge in [-0.15, -0.1) is 0 Å². The van der Waals surface area contributed by atoms with E-state index in [-0.39, 0.29) is 11.3 Å². The minimum Gasteiger partial charge on any atom is -0.481 e. The van der Waals surface area contributed by atoms with Crippen LogP contribution in [0.3, 0.4) is 0 Å². The summed E-state index contributed by atoms with van der Waals surface area (Å²) in [5, 5.41) is 22.2. The number of nitro groups is 1. The van der Waals surface area contributed by atoms with E-state index in [0.717, 1.165) is 0 Å². The number of rotatable bonds is 7. The second-order valence-corrected chi connectivity index (χ2v) is 4.90. The Balaban J connectivity index is 2.55. The molecule has 0 saturated heterocycles. The molecule has 7 nitrogen and oxygen atoms in total. The van der Waals surface area contributed by atoms with E-state index >= 15 is 0 Å². The van der Waals surface area contributed by atoms with Crippen molar-refractivity contribution in [1.82, 2.24) is 5.32 Å². The summed E-state index contributed by atoms with van der Waals surface area (Å²) in [6.07, 6.45) is 0.997. The molecule has 114 valence electrons. The minimum absolute atomic E-state index is 0.0952. The van der Waals surface area contributed by atoms with E-state index in [2.05, 4.69) is 5.32 Å². The van der Waals surface area contributed by atoms with Gasteiger partial charge in [0.25, 0.3) is 11.6 Å². The lowest BCUT2D eigenvalue weighted by Crippen LogP contribution is -2.25. The minimum atomic E-state index is -0.865. The van der Waals surface area contributed by atoms with Gasteiger partial charge in [0.15, 0.2) is 0 Å². The third kappa shape index (κ3) is 4.87. The molecule has 2 N–H and O–H groups in total. The van der Waals surface area contributed by atoms with Crippen molar-refractivity contribution in [3.05, 3.63) is 39.4 Å². The SMILES string of the molecule is Cc1ccc(C(=O)NCCCC(C)C(=O)O)cc1[N+](=O)[O-]. The third-order valence-corrected chi connectivity index (χ3v) is 3.19. The van der Waals surface area contributed by atoms with Crippen LogP contribution < -0.4 is 5.32 Å². The van der Waals surface area contributed by atoms with E-state index in [0.29, 0.717) is 24.9 Å². The summed E-state index contributed by atoms with van der Waals surface area (Å²) in [4.78, 5) is 32.8. The molecule has 0 spiro atoms. The number of carboxylic acid groups (broad SMARTS) is 1. The Morgan fingerprint density at radius 2 is 2.10 bits per heavy atom. The molecule has 1 aromatic rings. The first kappa shape index (κ1) is 16.6. The van der Waals surface area contributed by atoms with Crippen LogP contribution >= 0.6 is 0 Å². The van der Waals surface area contributed by atoms with Gasteiger partial charge < -0.3 is 10.4 Å². The summed E-state index contributed by atoms with van der Waals surface area (Å²) in [6.45, 7) is 3.54. The van der Waals surface area contributed by atoms with E-state index in [1.54, 1.807) is 13.8 Å². The average Bonchev–Trinajstić information content (AvgIpc) is 2.43. The van der Waals surface area contributed by atoms with Crippen LogP contribution in [0.25, 0.3) is 0 Å². The van der Waals surface area contributed by atoms with E-state index in [1.165, 1.54) is 18.2 Å². The molecule has 1 aromatic carbocycles. The van der Waals surface area contributed by atoms with Gasteiger partial charge >= 0.3 is 5.97 Å². The monoisotopic (exact) mass is 294 g/mol. The molecule has 1 atom stereocenters. The maximum absolute atomic E-state index is 11.9. The summed E-state index contributed by atoms with van der Waals surface area (Å²) in [7, 11) is 0. The smallest absolute Gasteiger partial charge is 0.306 e. The van der Waals surface area contributed by atoms with Crippen LogP contribution in [0.15, 0.2) is 18.2 Å². The molecule has 21 heavy (non-hydrogen) atoms. The number of aliphatic carboxylic acids is 1. The largest absolute Gasteiger partial charge is 0.481 e. The lowest BCUT2D eigenvalue weighted by Gasteiger charge is -2.08. The molecule has 0 aliphatic heterocycles. The Hall–Kier alpha value is -2.44. The second kappa shape index (κ2) is 7.37. The molecule has 7 heteroatoms. The summed E-state index contributed by atoms with van der Waals surface area (Å²) in [5.74, 6) is -1.72. The number of carbonyl (C=O) groups is 2. The molecular formula is C14H18N2O5. The van der Waals surface area contributed by atoms with Crippen molar-refractivity contribution in [2.75, 3.05) is 6.54 Å². The summed E-state index contributed by atoms with van der Waals surface area (Å²) in [5.41, 5.74) is 0.618. The maximum Gasteiger partial charge on any atom is 0.306 e. The standard InChI is InChI=1S/C14H18N2O5/c1-9-5-6-11(8-12(9)16(20)21)13(17)15-7-3-4-10(2)14(18)19/h5-6,8,10H,3-4,7H2,1-2H3,(H,15,17)(H,18,19). The number of hydrogen-bond acceptors (Lipinski definition) is 4. The van der Waals surface area contributed by atoms with Gasteiger partial charge in [0, 0.05) is 23.7 Å². The van der Waals surface area contributed by atoms with Crippen molar-refractivity contribution in [3.63, 3.8) is 0 Å². The highest BCUT2D eigenvalue weighted by Crippen LogP contribution is 2.19. The molecule has 0 bridgehead atoms. The molecule has 0 aromatic heterocycles. The van der Waals surface area contributed by atoms with Gasteiger partial charge in [-0.25, -0.2) is 0 Å². The van der Waals surface area contributed by atoms with Crippen LogP contribution in [-0.2, 0) is 4.79 Å². The highest BCUT2D eigenvalue weighted by molar-refractivity contribution is 5.94. The molecule has 1 amide bonds. The van der Waals surface area contributed by atoms with Crippen LogP contribution in [0, 0.1) is 23.0 Å². The molecule has 1 unspecified atom stereocenters. The molecule has 0 aliphatic carbocycles. The first-order valence-electron chi connectivity index (χ1n) is 6.59. The van der Waals surface area contributed by atoms with Crippen LogP contribution in [0.1, 0.15) is 35.7 Å². The topological polar surface area (TPSA) is 110 Å². The van der Waals surface area contributed by atoms with Crippen molar-refractivity contribution in [2.45, 2.75) is 26.7 Å². The number of aryl methyl sites for hydroxylation is 1. The predicted molar refractivity (Wildman–Crippen MR) is 76.2 cm³/mol. The molecule has 0 radical (unpaired) electrons. The van der Waals surface area contributed by atoms with Gasteiger partial charge in [-0.1, -0.05) is 13.0 Å². The van der Waals surface area contributed by atoms with Crippen molar-refractivity contribution in [3.8, 4) is 0 Å². The Bertz CT molecular complexity index is 556. The van der Waals surface area contributed by atoms with Gasteiger partial charge in [0.05, 0.1) is 10.8 Å².